The minimum Gasteiger partial charge on any atom is -0.380 e. The van der Waals surface area contributed by atoms with Gasteiger partial charge in [0.15, 0.2) is 0 Å². The van der Waals surface area contributed by atoms with Crippen LogP contribution in [0.4, 0.5) is 0 Å². The zero-order valence-electron chi connectivity index (χ0n) is 14.8. The highest BCUT2D eigenvalue weighted by Crippen LogP contribution is 2.41. The van der Waals surface area contributed by atoms with E-state index in [1.807, 2.05) is 11.8 Å². The first-order chi connectivity index (χ1) is 11.2. The van der Waals surface area contributed by atoms with Crippen LogP contribution in [0.3, 0.4) is 0 Å². The number of hydrogen-bond acceptors (Lipinski definition) is 4. The summed E-state index contributed by atoms with van der Waals surface area (Å²) in [6, 6.07) is 0.563. The Morgan fingerprint density at radius 1 is 1.17 bits per heavy atom. The zero-order valence-corrected chi connectivity index (χ0v) is 15.6. The van der Waals surface area contributed by atoms with Gasteiger partial charge in [-0.25, -0.2) is 0 Å². The quantitative estimate of drug-likeness (QED) is 0.788. The van der Waals surface area contributed by atoms with Crippen molar-refractivity contribution in [2.24, 2.45) is 5.92 Å². The van der Waals surface area contributed by atoms with Crippen molar-refractivity contribution in [3.63, 3.8) is 0 Å². The van der Waals surface area contributed by atoms with Gasteiger partial charge in [-0.2, -0.15) is 11.8 Å². The van der Waals surface area contributed by atoms with E-state index in [0.29, 0.717) is 23.4 Å². The Kier molecular flexibility index (Phi) is 5.92. The van der Waals surface area contributed by atoms with Crippen molar-refractivity contribution < 1.29 is 9.53 Å². The monoisotopic (exact) mass is 340 g/mol. The fourth-order valence-corrected chi connectivity index (χ4v) is 5.70. The second kappa shape index (κ2) is 7.75. The third kappa shape index (κ3) is 3.72. The predicted molar refractivity (Wildman–Crippen MR) is 95.9 cm³/mol. The zero-order chi connectivity index (χ0) is 16.3. The van der Waals surface area contributed by atoms with Crippen LogP contribution in [0.25, 0.3) is 0 Å². The van der Waals surface area contributed by atoms with Crippen LogP contribution < -0.4 is 0 Å². The normalized spacial score (nSPS) is 29.3. The van der Waals surface area contributed by atoms with Crippen molar-refractivity contribution in [2.45, 2.75) is 57.0 Å². The maximum Gasteiger partial charge on any atom is 0.225 e. The first-order valence-corrected chi connectivity index (χ1v) is 10.5. The molecule has 0 bridgehead atoms. The molecule has 0 aromatic heterocycles. The van der Waals surface area contributed by atoms with E-state index >= 15 is 0 Å². The molecule has 0 aliphatic carbocycles. The van der Waals surface area contributed by atoms with Crippen LogP contribution in [0.15, 0.2) is 0 Å². The van der Waals surface area contributed by atoms with E-state index in [1.54, 1.807) is 0 Å². The van der Waals surface area contributed by atoms with Gasteiger partial charge in [-0.15, -0.1) is 0 Å². The van der Waals surface area contributed by atoms with Gasteiger partial charge in [-0.3, -0.25) is 9.69 Å². The molecule has 3 fully saturated rings. The molecule has 0 saturated carbocycles. The Balaban J connectivity index is 1.52. The molecule has 0 aromatic carbocycles. The summed E-state index contributed by atoms with van der Waals surface area (Å²) < 4.78 is 5.65. The lowest BCUT2D eigenvalue weighted by Crippen LogP contribution is -2.54. The lowest BCUT2D eigenvalue weighted by atomic mass is 9.84. The minimum atomic E-state index is 0.303. The molecule has 0 N–H and O–H groups in total. The van der Waals surface area contributed by atoms with Gasteiger partial charge >= 0.3 is 0 Å². The van der Waals surface area contributed by atoms with Crippen LogP contribution in [0.5, 0.6) is 0 Å². The first kappa shape index (κ1) is 17.6. The van der Waals surface area contributed by atoms with Crippen LogP contribution in [0.2, 0.25) is 0 Å². The van der Waals surface area contributed by atoms with Gasteiger partial charge in [0.2, 0.25) is 5.91 Å². The number of likely N-dealkylation sites (tertiary alicyclic amines) is 2. The molecular formula is C18H32N2O2S. The predicted octanol–water partition coefficient (Wildman–Crippen LogP) is 2.62. The van der Waals surface area contributed by atoms with Crippen molar-refractivity contribution in [1.82, 2.24) is 9.80 Å². The number of rotatable bonds is 4. The minimum absolute atomic E-state index is 0.303. The van der Waals surface area contributed by atoms with Crippen LogP contribution in [0, 0.1) is 5.92 Å². The summed E-state index contributed by atoms with van der Waals surface area (Å²) in [6.45, 7) is 5.64. The molecule has 3 rings (SSSR count). The number of amides is 1. The fourth-order valence-electron chi connectivity index (χ4n) is 4.59. The summed E-state index contributed by atoms with van der Waals surface area (Å²) in [5, 5.41) is 0. The lowest BCUT2D eigenvalue weighted by molar-refractivity contribution is -0.138. The number of likely N-dealkylation sites (N-methyl/N-ethyl adjacent to an activating group) is 1. The highest BCUT2D eigenvalue weighted by molar-refractivity contribution is 7.99. The summed E-state index contributed by atoms with van der Waals surface area (Å²) in [5.41, 5.74) is 0.320. The molecule has 5 heteroatoms. The Bertz CT molecular complexity index is 404. The fraction of sp³-hybridized carbons (Fsp3) is 0.944. The summed E-state index contributed by atoms with van der Waals surface area (Å²) in [5.74, 6) is 3.07. The summed E-state index contributed by atoms with van der Waals surface area (Å²) in [6.07, 6.45) is 6.95. The molecule has 0 radical (unpaired) electrons. The number of thioether (sulfide) groups is 1. The molecule has 23 heavy (non-hydrogen) atoms. The molecule has 132 valence electrons. The Morgan fingerprint density at radius 2 is 1.87 bits per heavy atom. The number of nitrogens with zero attached hydrogens (tertiary/aromatic N) is 2. The van der Waals surface area contributed by atoms with E-state index in [9.17, 15) is 4.79 Å². The molecule has 1 amide bonds. The van der Waals surface area contributed by atoms with E-state index in [1.165, 1.54) is 12.8 Å². The Hall–Kier alpha value is -0.260. The summed E-state index contributed by atoms with van der Waals surface area (Å²) >= 11 is 2.00. The first-order valence-electron chi connectivity index (χ1n) is 9.33. The molecule has 3 heterocycles. The van der Waals surface area contributed by atoms with Crippen LogP contribution in [-0.4, -0.2) is 72.1 Å². The largest absolute Gasteiger partial charge is 0.380 e. The molecular weight excluding hydrogens is 308 g/mol. The SMILES string of the molecule is CCOCC1CCC2(CCN(C(=O)C3CCSCC3)CC2)N1C. The van der Waals surface area contributed by atoms with Crippen molar-refractivity contribution in [2.75, 3.05) is 44.9 Å². The second-order valence-electron chi connectivity index (χ2n) is 7.40. The van der Waals surface area contributed by atoms with Gasteiger partial charge in [0, 0.05) is 37.2 Å². The Labute approximate surface area is 145 Å². The number of hydrogen-bond donors (Lipinski definition) is 0. The van der Waals surface area contributed by atoms with Gasteiger partial charge in [-0.05, 0) is 64.0 Å². The van der Waals surface area contributed by atoms with Crippen LogP contribution in [-0.2, 0) is 9.53 Å². The third-order valence-electron chi connectivity index (χ3n) is 6.33. The molecule has 1 unspecified atom stereocenters. The molecule has 1 atom stereocenters. The van der Waals surface area contributed by atoms with Crippen molar-refractivity contribution in [3.8, 4) is 0 Å². The molecule has 3 aliphatic rings. The van der Waals surface area contributed by atoms with Gasteiger partial charge < -0.3 is 9.64 Å². The maximum absolute atomic E-state index is 12.7. The van der Waals surface area contributed by atoms with Crippen molar-refractivity contribution in [1.29, 1.82) is 0 Å². The average Bonchev–Trinajstić information content (AvgIpc) is 2.90. The number of ether oxygens (including phenoxy) is 1. The molecule has 3 aliphatic heterocycles. The van der Waals surface area contributed by atoms with E-state index in [2.05, 4.69) is 23.8 Å². The standard InChI is InChI=1S/C18H32N2O2S/c1-3-22-14-16-4-7-18(19(16)2)8-10-20(11-9-18)17(21)15-5-12-23-13-6-15/h15-16H,3-14H2,1-2H3. The van der Waals surface area contributed by atoms with E-state index in [4.69, 9.17) is 4.74 Å². The Morgan fingerprint density at radius 3 is 2.52 bits per heavy atom. The van der Waals surface area contributed by atoms with Crippen LogP contribution in [0.1, 0.15) is 45.4 Å². The van der Waals surface area contributed by atoms with Crippen LogP contribution >= 0.6 is 11.8 Å². The van der Waals surface area contributed by atoms with Gasteiger partial charge in [-0.1, -0.05) is 0 Å². The summed E-state index contributed by atoms with van der Waals surface area (Å²) in [7, 11) is 2.27. The van der Waals surface area contributed by atoms with Crippen molar-refractivity contribution >= 4 is 17.7 Å². The van der Waals surface area contributed by atoms with E-state index in [-0.39, 0.29) is 0 Å². The second-order valence-corrected chi connectivity index (χ2v) is 8.62. The lowest BCUT2D eigenvalue weighted by Gasteiger charge is -2.45. The molecule has 0 aromatic rings. The third-order valence-corrected chi connectivity index (χ3v) is 7.38. The highest BCUT2D eigenvalue weighted by Gasteiger charge is 2.46. The van der Waals surface area contributed by atoms with E-state index < -0.39 is 0 Å². The summed E-state index contributed by atoms with van der Waals surface area (Å²) in [4.78, 5) is 17.5. The van der Waals surface area contributed by atoms with Gasteiger partial charge in [0.1, 0.15) is 0 Å². The topological polar surface area (TPSA) is 32.8 Å². The number of piperidine rings is 1. The smallest absolute Gasteiger partial charge is 0.225 e. The van der Waals surface area contributed by atoms with Gasteiger partial charge in [0.25, 0.3) is 0 Å². The van der Waals surface area contributed by atoms with E-state index in [0.717, 1.165) is 63.5 Å². The molecule has 1 spiro atoms. The highest BCUT2D eigenvalue weighted by atomic mass is 32.2. The number of carbonyl (C=O) groups excluding carboxylic acids is 1. The molecule has 4 nitrogen and oxygen atoms in total. The average molecular weight is 341 g/mol. The van der Waals surface area contributed by atoms with Gasteiger partial charge in [0.05, 0.1) is 6.61 Å². The number of carbonyl (C=O) groups is 1. The van der Waals surface area contributed by atoms with Crippen molar-refractivity contribution in [3.05, 3.63) is 0 Å². The maximum atomic E-state index is 12.7. The molecule has 3 saturated heterocycles.